The van der Waals surface area contributed by atoms with E-state index in [0.717, 1.165) is 5.92 Å². The van der Waals surface area contributed by atoms with Crippen molar-refractivity contribution >= 4 is 0 Å². The first kappa shape index (κ1) is 12.0. The summed E-state index contributed by atoms with van der Waals surface area (Å²) in [6, 6.07) is 0. The lowest BCUT2D eigenvalue weighted by Gasteiger charge is -2.30. The highest BCUT2D eigenvalue weighted by Crippen LogP contribution is 2.19. The summed E-state index contributed by atoms with van der Waals surface area (Å²) < 4.78 is 0. The van der Waals surface area contributed by atoms with Crippen molar-refractivity contribution in [3.63, 3.8) is 0 Å². The van der Waals surface area contributed by atoms with E-state index in [4.69, 9.17) is 0 Å². The smallest absolute Gasteiger partial charge is 0.00965 e. The number of nitrogens with zero attached hydrogens (tertiary/aromatic N) is 1. The summed E-state index contributed by atoms with van der Waals surface area (Å²) in [5, 5.41) is 3.57. The molecule has 14 heavy (non-hydrogen) atoms. The highest BCUT2D eigenvalue weighted by atomic mass is 15.1. The average molecular weight is 198 g/mol. The Kier molecular flexibility index (Phi) is 4.39. The maximum Gasteiger partial charge on any atom is 0.00965 e. The molecule has 0 aromatic carbocycles. The van der Waals surface area contributed by atoms with Crippen LogP contribution in [0.3, 0.4) is 0 Å². The van der Waals surface area contributed by atoms with E-state index < -0.39 is 0 Å². The summed E-state index contributed by atoms with van der Waals surface area (Å²) in [4.78, 5) is 2.44. The summed E-state index contributed by atoms with van der Waals surface area (Å²) in [5.41, 5.74) is 0.283. The maximum atomic E-state index is 3.57. The van der Waals surface area contributed by atoms with Crippen LogP contribution in [-0.4, -0.2) is 37.1 Å². The fourth-order valence-electron chi connectivity index (χ4n) is 2.00. The van der Waals surface area contributed by atoms with Crippen LogP contribution in [0.15, 0.2) is 0 Å². The third kappa shape index (κ3) is 4.97. The van der Waals surface area contributed by atoms with Crippen LogP contribution in [0.4, 0.5) is 0 Å². The van der Waals surface area contributed by atoms with E-state index in [2.05, 4.69) is 38.0 Å². The van der Waals surface area contributed by atoms with Gasteiger partial charge in [-0.15, -0.1) is 0 Å². The topological polar surface area (TPSA) is 15.3 Å². The zero-order valence-corrected chi connectivity index (χ0v) is 10.3. The normalized spacial score (nSPS) is 21.4. The Hall–Kier alpha value is -0.0800. The first-order chi connectivity index (χ1) is 6.47. The third-order valence-corrected chi connectivity index (χ3v) is 3.05. The van der Waals surface area contributed by atoms with Crippen LogP contribution in [0.2, 0.25) is 0 Å². The first-order valence-corrected chi connectivity index (χ1v) is 5.91. The molecule has 0 aromatic rings. The van der Waals surface area contributed by atoms with E-state index in [1.807, 2.05) is 0 Å². The van der Waals surface area contributed by atoms with Crippen LogP contribution in [0, 0.1) is 5.92 Å². The van der Waals surface area contributed by atoms with Gasteiger partial charge in [-0.3, -0.25) is 0 Å². The minimum absolute atomic E-state index is 0.283. The molecule has 2 nitrogen and oxygen atoms in total. The maximum absolute atomic E-state index is 3.57. The highest BCUT2D eigenvalue weighted by molar-refractivity contribution is 4.74. The lowest BCUT2D eigenvalue weighted by atomic mass is 9.93. The molecule has 0 aromatic heterocycles. The van der Waals surface area contributed by atoms with Crippen LogP contribution < -0.4 is 5.32 Å². The molecule has 1 N–H and O–H groups in total. The Bertz CT molecular complexity index is 152. The zero-order valence-electron chi connectivity index (χ0n) is 10.3. The number of nitrogens with one attached hydrogen (secondary N) is 1. The Morgan fingerprint density at radius 2 is 1.79 bits per heavy atom. The van der Waals surface area contributed by atoms with Crippen LogP contribution in [-0.2, 0) is 0 Å². The SMILES string of the molecule is CN1CCC(CCNC(C)(C)C)CC1. The van der Waals surface area contributed by atoms with E-state index in [-0.39, 0.29) is 5.54 Å². The van der Waals surface area contributed by atoms with Gasteiger partial charge in [0, 0.05) is 5.54 Å². The molecule has 0 aliphatic carbocycles. The van der Waals surface area contributed by atoms with Crippen molar-refractivity contribution in [3.05, 3.63) is 0 Å². The lowest BCUT2D eigenvalue weighted by molar-refractivity contribution is 0.208. The number of piperidine rings is 1. The van der Waals surface area contributed by atoms with Gasteiger partial charge in [-0.05, 0) is 72.6 Å². The molecule has 0 atom stereocenters. The van der Waals surface area contributed by atoms with Gasteiger partial charge in [-0.1, -0.05) is 0 Å². The summed E-state index contributed by atoms with van der Waals surface area (Å²) in [7, 11) is 2.23. The van der Waals surface area contributed by atoms with Crippen molar-refractivity contribution in [2.24, 2.45) is 5.92 Å². The zero-order chi connectivity index (χ0) is 10.6. The monoisotopic (exact) mass is 198 g/mol. The number of likely N-dealkylation sites (tertiary alicyclic amines) is 1. The first-order valence-electron chi connectivity index (χ1n) is 5.91. The van der Waals surface area contributed by atoms with Crippen molar-refractivity contribution in [2.75, 3.05) is 26.7 Å². The van der Waals surface area contributed by atoms with Crippen LogP contribution in [0.5, 0.6) is 0 Å². The van der Waals surface area contributed by atoms with Crippen LogP contribution in [0.25, 0.3) is 0 Å². The average Bonchev–Trinajstić information content (AvgIpc) is 2.06. The van der Waals surface area contributed by atoms with Gasteiger partial charge < -0.3 is 10.2 Å². The molecule has 1 rings (SSSR count). The van der Waals surface area contributed by atoms with Crippen molar-refractivity contribution < 1.29 is 0 Å². The van der Waals surface area contributed by atoms with Gasteiger partial charge in [0.15, 0.2) is 0 Å². The molecule has 1 aliphatic heterocycles. The second-order valence-electron chi connectivity index (χ2n) is 5.71. The molecule has 0 radical (unpaired) electrons. The van der Waals surface area contributed by atoms with E-state index in [1.54, 1.807) is 0 Å². The molecule has 1 fully saturated rings. The van der Waals surface area contributed by atoms with E-state index in [0.29, 0.717) is 0 Å². The highest BCUT2D eigenvalue weighted by Gasteiger charge is 2.17. The quantitative estimate of drug-likeness (QED) is 0.747. The van der Waals surface area contributed by atoms with E-state index in [9.17, 15) is 0 Å². The van der Waals surface area contributed by atoms with E-state index >= 15 is 0 Å². The minimum Gasteiger partial charge on any atom is -0.312 e. The van der Waals surface area contributed by atoms with Gasteiger partial charge in [0.05, 0.1) is 0 Å². The molecule has 84 valence electrons. The van der Waals surface area contributed by atoms with Gasteiger partial charge in [-0.2, -0.15) is 0 Å². The minimum atomic E-state index is 0.283. The largest absolute Gasteiger partial charge is 0.312 e. The summed E-state index contributed by atoms with van der Waals surface area (Å²) in [5.74, 6) is 0.959. The predicted octanol–water partition coefficient (Wildman–Crippen LogP) is 2.11. The number of hydrogen-bond donors (Lipinski definition) is 1. The fourth-order valence-corrected chi connectivity index (χ4v) is 2.00. The molecule has 2 heteroatoms. The summed E-state index contributed by atoms with van der Waals surface area (Å²) in [6.07, 6.45) is 4.13. The standard InChI is InChI=1S/C12H26N2/c1-12(2,3)13-8-5-11-6-9-14(4)10-7-11/h11,13H,5-10H2,1-4H3. The molecule has 0 bridgehead atoms. The number of hydrogen-bond acceptors (Lipinski definition) is 2. The summed E-state index contributed by atoms with van der Waals surface area (Å²) in [6.45, 7) is 10.5. The predicted molar refractivity (Wildman–Crippen MR) is 62.6 cm³/mol. The van der Waals surface area contributed by atoms with Gasteiger partial charge in [0.1, 0.15) is 0 Å². The van der Waals surface area contributed by atoms with Crippen molar-refractivity contribution in [1.29, 1.82) is 0 Å². The molecule has 0 amide bonds. The van der Waals surface area contributed by atoms with Crippen molar-refractivity contribution in [2.45, 2.75) is 45.6 Å². The second-order valence-corrected chi connectivity index (χ2v) is 5.71. The van der Waals surface area contributed by atoms with Crippen LogP contribution >= 0.6 is 0 Å². The molecular formula is C12H26N2. The lowest BCUT2D eigenvalue weighted by Crippen LogP contribution is -2.38. The van der Waals surface area contributed by atoms with Gasteiger partial charge in [-0.25, -0.2) is 0 Å². The second kappa shape index (κ2) is 5.13. The Balaban J connectivity index is 2.08. The molecule has 1 aliphatic rings. The van der Waals surface area contributed by atoms with Crippen LogP contribution in [0.1, 0.15) is 40.0 Å². The molecular weight excluding hydrogens is 172 g/mol. The molecule has 0 unspecified atom stereocenters. The third-order valence-electron chi connectivity index (χ3n) is 3.05. The van der Waals surface area contributed by atoms with Crippen molar-refractivity contribution in [1.82, 2.24) is 10.2 Å². The molecule has 0 saturated carbocycles. The number of rotatable bonds is 3. The van der Waals surface area contributed by atoms with Gasteiger partial charge in [0.2, 0.25) is 0 Å². The Morgan fingerprint density at radius 1 is 1.21 bits per heavy atom. The van der Waals surface area contributed by atoms with E-state index in [1.165, 1.54) is 38.9 Å². The fraction of sp³-hybridized carbons (Fsp3) is 1.00. The van der Waals surface area contributed by atoms with Gasteiger partial charge in [0.25, 0.3) is 0 Å². The Labute approximate surface area is 89.1 Å². The summed E-state index contributed by atoms with van der Waals surface area (Å²) >= 11 is 0. The molecule has 0 spiro atoms. The Morgan fingerprint density at radius 3 is 2.29 bits per heavy atom. The van der Waals surface area contributed by atoms with Gasteiger partial charge >= 0.3 is 0 Å². The molecule has 1 saturated heterocycles. The molecule has 1 heterocycles. The van der Waals surface area contributed by atoms with Crippen molar-refractivity contribution in [3.8, 4) is 0 Å².